The number of carbonyl (C=O) groups excluding carboxylic acids is 1. The van der Waals surface area contributed by atoms with E-state index in [1.165, 1.54) is 17.7 Å². The molecule has 0 spiro atoms. The highest BCUT2D eigenvalue weighted by atomic mass is 16.5. The number of phenols is 1. The van der Waals surface area contributed by atoms with Crippen molar-refractivity contribution < 1.29 is 14.6 Å². The fourth-order valence-corrected chi connectivity index (χ4v) is 4.84. The fraction of sp³-hybridized carbons (Fsp3) is 0.310. The number of hydrogen-bond donors (Lipinski definition) is 1. The molecule has 0 radical (unpaired) electrons. The van der Waals surface area contributed by atoms with Gasteiger partial charge < -0.3 is 19.6 Å². The highest BCUT2D eigenvalue weighted by Crippen LogP contribution is 2.34. The number of nitrogens with zero attached hydrogens (tertiary/aromatic N) is 4. The maximum Gasteiger partial charge on any atom is 0.262 e. The number of benzene rings is 3. The maximum absolute atomic E-state index is 13.6. The van der Waals surface area contributed by atoms with E-state index in [4.69, 9.17) is 4.74 Å². The number of aromatic hydroxyl groups is 1. The van der Waals surface area contributed by atoms with Gasteiger partial charge in [0.05, 0.1) is 11.6 Å². The van der Waals surface area contributed by atoms with Gasteiger partial charge in [0, 0.05) is 45.8 Å². The Morgan fingerprint density at radius 3 is 2.47 bits per heavy atom. The first kappa shape index (κ1) is 23.9. The third-order valence-electron chi connectivity index (χ3n) is 6.94. The Hall–Kier alpha value is -3.86. The Bertz CT molecular complexity index is 1290. The topological polar surface area (TPSA) is 80.0 Å². The van der Waals surface area contributed by atoms with Crippen LogP contribution in [0.15, 0.2) is 60.7 Å². The summed E-state index contributed by atoms with van der Waals surface area (Å²) in [5.74, 6) is -0.335. The number of ether oxygens (including phenoxy) is 1. The van der Waals surface area contributed by atoms with Gasteiger partial charge in [0.25, 0.3) is 5.91 Å². The lowest BCUT2D eigenvalue weighted by Gasteiger charge is -2.32. The summed E-state index contributed by atoms with van der Waals surface area (Å²) in [6, 6.07) is 20.9. The Morgan fingerprint density at radius 1 is 0.972 bits per heavy atom. The molecule has 7 nitrogen and oxygen atoms in total. The number of hydrogen-bond acceptors (Lipinski definition) is 6. The summed E-state index contributed by atoms with van der Waals surface area (Å²) in [4.78, 5) is 20.1. The van der Waals surface area contributed by atoms with E-state index in [9.17, 15) is 15.2 Å². The quantitative estimate of drug-likeness (QED) is 0.577. The van der Waals surface area contributed by atoms with E-state index in [0.29, 0.717) is 13.1 Å². The van der Waals surface area contributed by atoms with Crippen molar-refractivity contribution in [1.29, 1.82) is 5.26 Å². The lowest BCUT2D eigenvalue weighted by Crippen LogP contribution is -2.43. The minimum Gasteiger partial charge on any atom is -0.507 e. The van der Waals surface area contributed by atoms with Crippen LogP contribution in [-0.2, 0) is 26.2 Å². The maximum atomic E-state index is 13.6. The van der Waals surface area contributed by atoms with Gasteiger partial charge in [-0.1, -0.05) is 48.5 Å². The van der Waals surface area contributed by atoms with Crippen molar-refractivity contribution in [2.75, 3.05) is 33.2 Å². The second kappa shape index (κ2) is 10.4. The van der Waals surface area contributed by atoms with E-state index in [2.05, 4.69) is 35.0 Å². The predicted molar refractivity (Wildman–Crippen MR) is 136 cm³/mol. The molecule has 0 bridgehead atoms. The van der Waals surface area contributed by atoms with Crippen molar-refractivity contribution in [3.8, 4) is 17.6 Å². The second-order valence-corrected chi connectivity index (χ2v) is 9.60. The molecule has 0 aromatic heterocycles. The largest absolute Gasteiger partial charge is 0.507 e. The van der Waals surface area contributed by atoms with Crippen LogP contribution in [0.4, 0.5) is 0 Å². The lowest BCUT2D eigenvalue weighted by atomic mass is 10.1. The van der Waals surface area contributed by atoms with Crippen molar-refractivity contribution in [2.24, 2.45) is 0 Å². The number of piperazine rings is 1. The number of rotatable bonds is 6. The summed E-state index contributed by atoms with van der Waals surface area (Å²) >= 11 is 0. The van der Waals surface area contributed by atoms with Gasteiger partial charge in [-0.15, -0.1) is 0 Å². The Morgan fingerprint density at radius 2 is 1.72 bits per heavy atom. The monoisotopic (exact) mass is 482 g/mol. The van der Waals surface area contributed by atoms with Gasteiger partial charge in [-0.05, 0) is 41.4 Å². The molecule has 0 saturated carbocycles. The molecule has 1 N–H and O–H groups in total. The van der Waals surface area contributed by atoms with Crippen molar-refractivity contribution in [3.05, 3.63) is 94.0 Å². The molecular formula is C29H30N4O3. The summed E-state index contributed by atoms with van der Waals surface area (Å²) < 4.78 is 5.95. The van der Waals surface area contributed by atoms with E-state index >= 15 is 0 Å². The molecule has 184 valence electrons. The Balaban J connectivity index is 1.33. The zero-order chi connectivity index (χ0) is 25.1. The van der Waals surface area contributed by atoms with Crippen LogP contribution in [0.3, 0.4) is 0 Å². The third-order valence-corrected chi connectivity index (χ3v) is 6.94. The molecular weight excluding hydrogens is 452 g/mol. The Labute approximate surface area is 211 Å². The molecule has 3 aromatic carbocycles. The van der Waals surface area contributed by atoms with Gasteiger partial charge in [0.15, 0.2) is 0 Å². The standard InChI is InChI=1S/C29H30N4O3/c1-31-9-11-32(12-10-31)17-22-7-8-24-18-33(19-25(24)13-22)29(35)28-26(34)14-23(16-30)15-27(28)36-20-21-5-3-2-4-6-21/h2-8,13-15,34H,9-12,17-20H2,1H3. The molecule has 7 heteroatoms. The average Bonchev–Trinajstić information content (AvgIpc) is 3.32. The van der Waals surface area contributed by atoms with Crippen molar-refractivity contribution in [3.63, 3.8) is 0 Å². The number of fused-ring (bicyclic) bond motifs is 1. The van der Waals surface area contributed by atoms with Crippen LogP contribution < -0.4 is 4.74 Å². The summed E-state index contributed by atoms with van der Waals surface area (Å²) in [6.07, 6.45) is 0. The van der Waals surface area contributed by atoms with E-state index in [1.54, 1.807) is 4.90 Å². The van der Waals surface area contributed by atoms with Crippen LogP contribution >= 0.6 is 0 Å². The predicted octanol–water partition coefficient (Wildman–Crippen LogP) is 3.75. The number of nitriles is 1. The molecule has 2 aliphatic heterocycles. The van der Waals surface area contributed by atoms with Gasteiger partial charge in [-0.2, -0.15) is 5.26 Å². The van der Waals surface area contributed by atoms with Crippen LogP contribution in [0.5, 0.6) is 11.5 Å². The molecule has 1 fully saturated rings. The summed E-state index contributed by atoms with van der Waals surface area (Å²) in [6.45, 7) is 6.35. The molecule has 0 aliphatic carbocycles. The zero-order valence-electron chi connectivity index (χ0n) is 20.5. The second-order valence-electron chi connectivity index (χ2n) is 9.60. The number of carbonyl (C=O) groups is 1. The zero-order valence-corrected chi connectivity index (χ0v) is 20.5. The van der Waals surface area contributed by atoms with E-state index < -0.39 is 0 Å². The molecule has 2 aliphatic rings. The van der Waals surface area contributed by atoms with Crippen LogP contribution in [0.25, 0.3) is 0 Å². The van der Waals surface area contributed by atoms with Gasteiger partial charge in [0.2, 0.25) is 0 Å². The molecule has 2 heterocycles. The van der Waals surface area contributed by atoms with Gasteiger partial charge in [-0.25, -0.2) is 0 Å². The molecule has 5 rings (SSSR count). The summed E-state index contributed by atoms with van der Waals surface area (Å²) in [5.41, 5.74) is 4.76. The van der Waals surface area contributed by atoms with Crippen molar-refractivity contribution >= 4 is 5.91 Å². The highest BCUT2D eigenvalue weighted by molar-refractivity contribution is 6.00. The SMILES string of the molecule is CN1CCN(Cc2ccc3c(c2)CN(C(=O)c2c(O)cc(C#N)cc2OCc2ccccc2)C3)CC1. The highest BCUT2D eigenvalue weighted by Gasteiger charge is 2.29. The van der Waals surface area contributed by atoms with Crippen LogP contribution in [0.2, 0.25) is 0 Å². The number of likely N-dealkylation sites (N-methyl/N-ethyl adjacent to an activating group) is 1. The van der Waals surface area contributed by atoms with E-state index in [0.717, 1.165) is 49.4 Å². The first-order valence-corrected chi connectivity index (χ1v) is 12.2. The number of phenolic OH excluding ortho intramolecular Hbond substituents is 1. The molecule has 1 saturated heterocycles. The smallest absolute Gasteiger partial charge is 0.262 e. The average molecular weight is 483 g/mol. The summed E-state index contributed by atoms with van der Waals surface area (Å²) in [5, 5.41) is 20.1. The van der Waals surface area contributed by atoms with E-state index in [-0.39, 0.29) is 35.1 Å². The molecule has 1 amide bonds. The minimum atomic E-state index is -0.308. The minimum absolute atomic E-state index is 0.0930. The molecule has 0 atom stereocenters. The molecule has 3 aromatic rings. The van der Waals surface area contributed by atoms with Gasteiger partial charge in [-0.3, -0.25) is 9.69 Å². The Kier molecular flexibility index (Phi) is 6.90. The van der Waals surface area contributed by atoms with Crippen molar-refractivity contribution in [1.82, 2.24) is 14.7 Å². The van der Waals surface area contributed by atoms with E-state index in [1.807, 2.05) is 36.4 Å². The fourth-order valence-electron chi connectivity index (χ4n) is 4.84. The molecule has 0 unspecified atom stereocenters. The molecule has 36 heavy (non-hydrogen) atoms. The van der Waals surface area contributed by atoms with Gasteiger partial charge >= 0.3 is 0 Å². The normalized spacial score (nSPS) is 15.9. The first-order chi connectivity index (χ1) is 17.5. The number of amides is 1. The first-order valence-electron chi connectivity index (χ1n) is 12.2. The third kappa shape index (κ3) is 5.20. The van der Waals surface area contributed by atoms with Crippen LogP contribution in [0.1, 0.15) is 38.2 Å². The summed E-state index contributed by atoms with van der Waals surface area (Å²) in [7, 11) is 2.15. The van der Waals surface area contributed by atoms with Gasteiger partial charge in [0.1, 0.15) is 23.7 Å². The van der Waals surface area contributed by atoms with Crippen molar-refractivity contribution in [2.45, 2.75) is 26.2 Å². The van der Waals surface area contributed by atoms with Crippen LogP contribution in [0, 0.1) is 11.3 Å². The lowest BCUT2D eigenvalue weighted by molar-refractivity contribution is 0.0743. The van der Waals surface area contributed by atoms with Crippen LogP contribution in [-0.4, -0.2) is 58.9 Å².